The second-order valence-electron chi connectivity index (χ2n) is 6.25. The Kier molecular flexibility index (Phi) is 5.54. The predicted octanol–water partition coefficient (Wildman–Crippen LogP) is 3.55. The van der Waals surface area contributed by atoms with Crippen molar-refractivity contribution >= 4 is 11.6 Å². The fourth-order valence-electron chi connectivity index (χ4n) is 2.66. The van der Waals surface area contributed by atoms with E-state index < -0.39 is 11.4 Å². The van der Waals surface area contributed by atoms with Crippen LogP contribution in [0.15, 0.2) is 24.3 Å². The lowest BCUT2D eigenvalue weighted by Gasteiger charge is -2.36. The molecule has 0 spiro atoms. The Balaban J connectivity index is 3.14. The standard InChI is InChI=1S/C16H25FN2O/c1-11(2)9-16(15(18)20,10-12(3)4)19-14-8-6-5-7-13(14)17/h5-8,11-12,19H,9-10H2,1-4H3,(H2,18,20). The highest BCUT2D eigenvalue weighted by Crippen LogP contribution is 2.30. The molecule has 20 heavy (non-hydrogen) atoms. The zero-order valence-electron chi connectivity index (χ0n) is 12.7. The Morgan fingerprint density at radius 1 is 1.20 bits per heavy atom. The average Bonchev–Trinajstić information content (AvgIpc) is 2.30. The van der Waals surface area contributed by atoms with Crippen molar-refractivity contribution in [3.8, 4) is 0 Å². The Labute approximate surface area is 120 Å². The summed E-state index contributed by atoms with van der Waals surface area (Å²) in [7, 11) is 0. The normalized spacial score (nSPS) is 11.9. The number of hydrogen-bond donors (Lipinski definition) is 2. The van der Waals surface area contributed by atoms with Gasteiger partial charge in [-0.2, -0.15) is 0 Å². The first-order valence-electron chi connectivity index (χ1n) is 7.09. The number of amides is 1. The number of para-hydroxylation sites is 1. The van der Waals surface area contributed by atoms with Crippen molar-refractivity contribution in [2.24, 2.45) is 17.6 Å². The lowest BCUT2D eigenvalue weighted by Crippen LogP contribution is -2.52. The van der Waals surface area contributed by atoms with Crippen molar-refractivity contribution in [2.45, 2.75) is 46.1 Å². The number of carbonyl (C=O) groups excluding carboxylic acids is 1. The highest BCUT2D eigenvalue weighted by Gasteiger charge is 2.38. The van der Waals surface area contributed by atoms with Crippen molar-refractivity contribution in [1.82, 2.24) is 0 Å². The molecule has 0 bridgehead atoms. The molecule has 1 rings (SSSR count). The van der Waals surface area contributed by atoms with Crippen molar-refractivity contribution in [2.75, 3.05) is 5.32 Å². The fraction of sp³-hybridized carbons (Fsp3) is 0.562. The van der Waals surface area contributed by atoms with Gasteiger partial charge in [0.2, 0.25) is 5.91 Å². The minimum Gasteiger partial charge on any atom is -0.369 e. The minimum atomic E-state index is -0.912. The second-order valence-corrected chi connectivity index (χ2v) is 6.25. The zero-order valence-corrected chi connectivity index (χ0v) is 12.7. The van der Waals surface area contributed by atoms with Crippen LogP contribution >= 0.6 is 0 Å². The first-order chi connectivity index (χ1) is 9.27. The molecule has 0 aliphatic rings. The van der Waals surface area contributed by atoms with E-state index in [1.54, 1.807) is 18.2 Å². The smallest absolute Gasteiger partial charge is 0.243 e. The van der Waals surface area contributed by atoms with Crippen LogP contribution in [-0.2, 0) is 4.79 Å². The van der Waals surface area contributed by atoms with Crippen LogP contribution in [0.2, 0.25) is 0 Å². The topological polar surface area (TPSA) is 55.1 Å². The maximum Gasteiger partial charge on any atom is 0.243 e. The Morgan fingerprint density at radius 3 is 2.10 bits per heavy atom. The molecule has 0 saturated heterocycles. The fourth-order valence-corrected chi connectivity index (χ4v) is 2.66. The highest BCUT2D eigenvalue weighted by atomic mass is 19.1. The van der Waals surface area contributed by atoms with Gasteiger partial charge in [-0.25, -0.2) is 4.39 Å². The molecule has 0 fully saturated rings. The third-order valence-electron chi connectivity index (χ3n) is 3.23. The van der Waals surface area contributed by atoms with Crippen molar-refractivity contribution in [3.05, 3.63) is 30.1 Å². The first kappa shape index (κ1) is 16.5. The summed E-state index contributed by atoms with van der Waals surface area (Å²) >= 11 is 0. The van der Waals surface area contributed by atoms with Crippen LogP contribution in [0.4, 0.5) is 10.1 Å². The van der Waals surface area contributed by atoms with Crippen molar-refractivity contribution in [1.29, 1.82) is 0 Å². The van der Waals surface area contributed by atoms with Crippen molar-refractivity contribution < 1.29 is 9.18 Å². The number of benzene rings is 1. The molecule has 0 heterocycles. The van der Waals surface area contributed by atoms with Crippen molar-refractivity contribution in [3.63, 3.8) is 0 Å². The van der Waals surface area contributed by atoms with E-state index in [4.69, 9.17) is 5.73 Å². The maximum atomic E-state index is 13.8. The van der Waals surface area contributed by atoms with Gasteiger partial charge in [0, 0.05) is 0 Å². The van der Waals surface area contributed by atoms with E-state index in [0.717, 1.165) is 0 Å². The summed E-state index contributed by atoms with van der Waals surface area (Å²) in [5.41, 5.74) is 5.06. The molecule has 0 aliphatic heterocycles. The van der Waals surface area contributed by atoms with Gasteiger partial charge in [0.1, 0.15) is 11.4 Å². The molecule has 1 aromatic rings. The molecule has 112 valence electrons. The van der Waals surface area contributed by atoms with Crippen LogP contribution in [0.3, 0.4) is 0 Å². The van der Waals surface area contributed by atoms with Crippen LogP contribution < -0.4 is 11.1 Å². The molecule has 0 atom stereocenters. The highest BCUT2D eigenvalue weighted by molar-refractivity contribution is 5.88. The van der Waals surface area contributed by atoms with Gasteiger partial charge in [0.05, 0.1) is 5.69 Å². The Bertz CT molecular complexity index is 448. The van der Waals surface area contributed by atoms with E-state index in [0.29, 0.717) is 18.5 Å². The van der Waals surface area contributed by atoms with Gasteiger partial charge in [0.25, 0.3) is 0 Å². The quantitative estimate of drug-likeness (QED) is 0.802. The van der Waals surface area contributed by atoms with E-state index >= 15 is 0 Å². The monoisotopic (exact) mass is 280 g/mol. The molecule has 0 unspecified atom stereocenters. The Hall–Kier alpha value is -1.58. The average molecular weight is 280 g/mol. The SMILES string of the molecule is CC(C)CC(CC(C)C)(Nc1ccccc1F)C(N)=O. The molecular formula is C16H25FN2O. The second kappa shape index (κ2) is 6.73. The lowest BCUT2D eigenvalue weighted by molar-refractivity contribution is -0.123. The van der Waals surface area contributed by atoms with Crippen LogP contribution in [-0.4, -0.2) is 11.4 Å². The van der Waals surface area contributed by atoms with Gasteiger partial charge in [-0.15, -0.1) is 0 Å². The van der Waals surface area contributed by atoms with Gasteiger partial charge in [-0.1, -0.05) is 39.8 Å². The first-order valence-corrected chi connectivity index (χ1v) is 7.09. The summed E-state index contributed by atoms with van der Waals surface area (Å²) in [6, 6.07) is 6.37. The number of nitrogens with one attached hydrogen (secondary N) is 1. The zero-order chi connectivity index (χ0) is 15.3. The molecule has 3 nitrogen and oxygen atoms in total. The summed E-state index contributed by atoms with van der Waals surface area (Å²) in [5.74, 6) is -0.241. The summed E-state index contributed by atoms with van der Waals surface area (Å²) in [6.45, 7) is 8.12. The van der Waals surface area contributed by atoms with Gasteiger partial charge < -0.3 is 11.1 Å². The van der Waals surface area contributed by atoms with E-state index in [9.17, 15) is 9.18 Å². The molecule has 0 saturated carbocycles. The molecule has 4 heteroatoms. The number of nitrogens with two attached hydrogens (primary N) is 1. The van der Waals surface area contributed by atoms with E-state index in [1.165, 1.54) is 6.07 Å². The summed E-state index contributed by atoms with van der Waals surface area (Å²) in [6.07, 6.45) is 1.16. The largest absolute Gasteiger partial charge is 0.369 e. The van der Waals surface area contributed by atoms with Gasteiger partial charge in [-0.05, 0) is 36.8 Å². The van der Waals surface area contributed by atoms with Crippen LogP contribution in [0.25, 0.3) is 0 Å². The number of anilines is 1. The number of hydrogen-bond acceptors (Lipinski definition) is 2. The third-order valence-corrected chi connectivity index (χ3v) is 3.23. The van der Waals surface area contributed by atoms with E-state index in [1.807, 2.05) is 27.7 Å². The van der Waals surface area contributed by atoms with E-state index in [2.05, 4.69) is 5.32 Å². The molecule has 0 radical (unpaired) electrons. The predicted molar refractivity (Wildman–Crippen MR) is 80.9 cm³/mol. The molecule has 0 aliphatic carbocycles. The summed E-state index contributed by atoms with van der Waals surface area (Å²) < 4.78 is 13.8. The van der Waals surface area contributed by atoms with Crippen LogP contribution in [0.1, 0.15) is 40.5 Å². The molecule has 1 aromatic carbocycles. The molecule has 1 amide bonds. The minimum absolute atomic E-state index is 0.278. The third kappa shape index (κ3) is 4.22. The van der Waals surface area contributed by atoms with Gasteiger partial charge in [0.15, 0.2) is 0 Å². The molecular weight excluding hydrogens is 255 g/mol. The van der Waals surface area contributed by atoms with Gasteiger partial charge in [-0.3, -0.25) is 4.79 Å². The molecule has 3 N–H and O–H groups in total. The van der Waals surface area contributed by atoms with Crippen LogP contribution in [0, 0.1) is 17.7 Å². The lowest BCUT2D eigenvalue weighted by atomic mass is 9.81. The maximum absolute atomic E-state index is 13.8. The Morgan fingerprint density at radius 2 is 1.70 bits per heavy atom. The van der Waals surface area contributed by atoms with Gasteiger partial charge >= 0.3 is 0 Å². The number of carbonyl (C=O) groups is 1. The molecule has 0 aromatic heterocycles. The number of rotatable bonds is 7. The summed E-state index contributed by atoms with van der Waals surface area (Å²) in [4.78, 5) is 12.0. The summed E-state index contributed by atoms with van der Waals surface area (Å²) in [5, 5.41) is 3.07. The van der Waals surface area contributed by atoms with Crippen LogP contribution in [0.5, 0.6) is 0 Å². The number of primary amides is 1. The van der Waals surface area contributed by atoms with E-state index in [-0.39, 0.29) is 17.7 Å². The number of halogens is 1.